The molecule has 16 heteroatoms. The molecule has 0 aromatic rings. The third kappa shape index (κ3) is 6.96. The van der Waals surface area contributed by atoms with Crippen molar-refractivity contribution in [1.29, 1.82) is 0 Å². The van der Waals surface area contributed by atoms with E-state index in [1.54, 1.807) is 0 Å². The predicted octanol–water partition coefficient (Wildman–Crippen LogP) is -1.74. The third-order valence-corrected chi connectivity index (χ3v) is 15.7. The summed E-state index contributed by atoms with van der Waals surface area (Å²) in [6.45, 7) is 9.29. The second kappa shape index (κ2) is 15.6. The fraction of sp³-hybridized carbons (Fsp3) is 0.949. The Kier molecular flexibility index (Phi) is 12.0. The van der Waals surface area contributed by atoms with E-state index in [4.69, 9.17) is 23.7 Å². The highest BCUT2D eigenvalue weighted by atomic mass is 16.7. The predicted molar refractivity (Wildman–Crippen MR) is 189 cm³/mol. The summed E-state index contributed by atoms with van der Waals surface area (Å²) in [7, 11) is 0. The normalized spacial score (nSPS) is 56.3. The van der Waals surface area contributed by atoms with Gasteiger partial charge in [0, 0.05) is 24.2 Å². The van der Waals surface area contributed by atoms with Crippen LogP contribution in [0.25, 0.3) is 0 Å². The molecule has 0 bridgehead atoms. The lowest BCUT2D eigenvalue weighted by Gasteiger charge is -2.63. The minimum atomic E-state index is -1.58. The van der Waals surface area contributed by atoms with Crippen LogP contribution < -0.4 is 0 Å². The fourth-order valence-corrected chi connectivity index (χ4v) is 12.6. The second-order valence-electron chi connectivity index (χ2n) is 18.4. The molecule has 11 N–H and O–H groups in total. The SMILES string of the molecule is C=C(CC[C@@]1(O)O[C@H]2C[C@H]3[C@@H]4C[C@@H](O)[C@@H]5C[C@@H](O[C@@H]6O[C@H](CO)[C@H](O)[C@H](O)[C@H]6O)C[C@@H](O)[C@]5(C)[C@H]4CC[C@]3(C)[C@H]2[C@@H]1C)CO[C@@H]1O[C@H](CO)[C@@H](O)[C@H](O)[C@H]1O. The molecule has 23 atom stereocenters. The van der Waals surface area contributed by atoms with Gasteiger partial charge in [0.25, 0.3) is 0 Å². The summed E-state index contributed by atoms with van der Waals surface area (Å²) < 4.78 is 29.3. The van der Waals surface area contributed by atoms with E-state index in [1.807, 2.05) is 6.92 Å². The van der Waals surface area contributed by atoms with Gasteiger partial charge in [0.05, 0.1) is 44.2 Å². The van der Waals surface area contributed by atoms with Gasteiger partial charge in [-0.25, -0.2) is 0 Å². The van der Waals surface area contributed by atoms with Gasteiger partial charge in [0.15, 0.2) is 18.4 Å². The number of fused-ring (bicyclic) bond motifs is 7. The van der Waals surface area contributed by atoms with Crippen LogP contribution in [-0.2, 0) is 23.7 Å². The topological polar surface area (TPSA) is 269 Å². The summed E-state index contributed by atoms with van der Waals surface area (Å²) in [6, 6.07) is 0. The number of rotatable bonds is 10. The van der Waals surface area contributed by atoms with Crippen LogP contribution in [0.5, 0.6) is 0 Å². The van der Waals surface area contributed by atoms with Crippen LogP contribution in [-0.4, -0.2) is 168 Å². The van der Waals surface area contributed by atoms with E-state index in [1.165, 1.54) is 0 Å². The van der Waals surface area contributed by atoms with Crippen molar-refractivity contribution in [3.63, 3.8) is 0 Å². The Morgan fingerprint density at radius 3 is 2.02 bits per heavy atom. The monoisotopic (exact) mass is 788 g/mol. The molecule has 7 aliphatic rings. The van der Waals surface area contributed by atoms with E-state index in [9.17, 15) is 56.2 Å². The first-order valence-electron chi connectivity index (χ1n) is 20.2. The molecular weight excluding hydrogens is 724 g/mol. The van der Waals surface area contributed by atoms with Crippen molar-refractivity contribution >= 4 is 0 Å². The van der Waals surface area contributed by atoms with Crippen molar-refractivity contribution in [3.8, 4) is 0 Å². The maximum absolute atomic E-state index is 11.9. The number of ether oxygens (including phenoxy) is 5. The Morgan fingerprint density at radius 2 is 1.38 bits per heavy atom. The average molecular weight is 789 g/mol. The number of hydrogen-bond donors (Lipinski definition) is 11. The van der Waals surface area contributed by atoms with Crippen molar-refractivity contribution in [1.82, 2.24) is 0 Å². The molecule has 3 aliphatic heterocycles. The van der Waals surface area contributed by atoms with E-state index in [0.717, 1.165) is 19.3 Å². The lowest BCUT2D eigenvalue weighted by molar-refractivity contribution is -0.322. The van der Waals surface area contributed by atoms with Gasteiger partial charge in [-0.15, -0.1) is 0 Å². The fourth-order valence-electron chi connectivity index (χ4n) is 12.6. The second-order valence-corrected chi connectivity index (χ2v) is 18.4. The zero-order valence-electron chi connectivity index (χ0n) is 32.0. The van der Waals surface area contributed by atoms with Gasteiger partial charge < -0.3 is 79.9 Å². The Bertz CT molecular complexity index is 1370. The Hall–Kier alpha value is -0.900. The Morgan fingerprint density at radius 1 is 0.764 bits per heavy atom. The van der Waals surface area contributed by atoms with Crippen molar-refractivity contribution in [3.05, 3.63) is 12.2 Å². The van der Waals surface area contributed by atoms with Gasteiger partial charge in [-0.2, -0.15) is 0 Å². The van der Waals surface area contributed by atoms with Crippen LogP contribution in [0.2, 0.25) is 0 Å². The molecule has 16 nitrogen and oxygen atoms in total. The summed E-state index contributed by atoms with van der Waals surface area (Å²) >= 11 is 0. The summed E-state index contributed by atoms with van der Waals surface area (Å²) in [5.41, 5.74) is -0.174. The molecule has 7 fully saturated rings. The van der Waals surface area contributed by atoms with Crippen LogP contribution in [0.15, 0.2) is 12.2 Å². The highest BCUT2D eigenvalue weighted by Gasteiger charge is 2.70. The van der Waals surface area contributed by atoms with Crippen LogP contribution in [0.3, 0.4) is 0 Å². The van der Waals surface area contributed by atoms with Crippen molar-refractivity contribution in [2.75, 3.05) is 19.8 Å². The Balaban J connectivity index is 0.969. The van der Waals surface area contributed by atoms with Crippen LogP contribution in [0, 0.1) is 46.3 Å². The largest absolute Gasteiger partial charge is 0.394 e. The zero-order valence-corrected chi connectivity index (χ0v) is 32.0. The van der Waals surface area contributed by atoms with Crippen molar-refractivity contribution in [2.24, 2.45) is 46.3 Å². The van der Waals surface area contributed by atoms with E-state index in [0.29, 0.717) is 24.8 Å². The van der Waals surface area contributed by atoms with Crippen LogP contribution >= 0.6 is 0 Å². The number of aliphatic hydroxyl groups excluding tert-OH is 10. The number of aliphatic hydroxyl groups is 11. The zero-order chi connectivity index (χ0) is 39.9. The highest BCUT2D eigenvalue weighted by Crippen LogP contribution is 2.71. The maximum Gasteiger partial charge on any atom is 0.187 e. The average Bonchev–Trinajstić information content (AvgIpc) is 3.59. The molecule has 0 amide bonds. The minimum Gasteiger partial charge on any atom is -0.394 e. The molecule has 4 saturated carbocycles. The smallest absolute Gasteiger partial charge is 0.187 e. The number of hydrogen-bond acceptors (Lipinski definition) is 16. The molecule has 3 heterocycles. The molecule has 0 radical (unpaired) electrons. The standard InChI is InChI=1S/C39H64O16/c1-16(15-51-35-33(48)31(46)29(44)25(13-40)53-35)5-8-39(50)17(2)28-24(55-39)12-21-19-11-23(42)22-9-18(52-36-34(49)32(47)30(45)26(14-41)54-36)10-27(43)38(22,4)20(19)6-7-37(21,28)3/h17-36,40-50H,1,5-15H2,2-4H3/t17-,18+,19+,20-,21-,22-,23+,24-,25+,26+,27+,28-,29+,30-,31-,32-,33+,34+,35+,36+,37-,38+,39+/m0/s1. The Labute approximate surface area is 321 Å². The van der Waals surface area contributed by atoms with Gasteiger partial charge in [0.2, 0.25) is 0 Å². The van der Waals surface area contributed by atoms with Gasteiger partial charge in [-0.3, -0.25) is 0 Å². The lowest BCUT2D eigenvalue weighted by atomic mass is 9.43. The molecular formula is C39H64O16. The molecule has 0 spiro atoms. The molecule has 316 valence electrons. The summed E-state index contributed by atoms with van der Waals surface area (Å²) in [6.07, 6.45) is -12.1. The third-order valence-electron chi connectivity index (χ3n) is 15.7. The van der Waals surface area contributed by atoms with E-state index >= 15 is 0 Å². The first kappa shape index (κ1) is 42.2. The minimum absolute atomic E-state index is 0.0442. The molecule has 55 heavy (non-hydrogen) atoms. The summed E-state index contributed by atoms with van der Waals surface area (Å²) in [5, 5.41) is 116. The summed E-state index contributed by atoms with van der Waals surface area (Å²) in [5.74, 6) is -1.39. The molecule has 3 saturated heterocycles. The van der Waals surface area contributed by atoms with Gasteiger partial charge in [0.1, 0.15) is 48.8 Å². The lowest BCUT2D eigenvalue weighted by Crippen LogP contribution is -2.64. The molecule has 0 unspecified atom stereocenters. The van der Waals surface area contributed by atoms with E-state index in [2.05, 4.69) is 20.4 Å². The van der Waals surface area contributed by atoms with Gasteiger partial charge in [-0.1, -0.05) is 32.9 Å². The molecule has 7 rings (SSSR count). The van der Waals surface area contributed by atoms with E-state index < -0.39 is 104 Å². The van der Waals surface area contributed by atoms with Crippen LogP contribution in [0.1, 0.15) is 72.1 Å². The van der Waals surface area contributed by atoms with Gasteiger partial charge in [-0.05, 0) is 73.5 Å². The van der Waals surface area contributed by atoms with E-state index in [-0.39, 0.29) is 66.5 Å². The quantitative estimate of drug-likeness (QED) is 0.0867. The van der Waals surface area contributed by atoms with Crippen molar-refractivity contribution in [2.45, 2.75) is 164 Å². The first-order chi connectivity index (χ1) is 25.9. The first-order valence-corrected chi connectivity index (χ1v) is 20.2. The molecule has 0 aromatic heterocycles. The van der Waals surface area contributed by atoms with Gasteiger partial charge >= 0.3 is 0 Å². The summed E-state index contributed by atoms with van der Waals surface area (Å²) in [4.78, 5) is 0. The molecule has 4 aliphatic carbocycles. The molecule has 0 aromatic carbocycles. The highest BCUT2D eigenvalue weighted by molar-refractivity contribution is 5.17. The van der Waals surface area contributed by atoms with Crippen LogP contribution in [0.4, 0.5) is 0 Å². The maximum atomic E-state index is 11.9. The van der Waals surface area contributed by atoms with Crippen molar-refractivity contribution < 1.29 is 79.9 Å².